The van der Waals surface area contributed by atoms with E-state index in [1.807, 2.05) is 94.8 Å². The fraction of sp³-hybridized carbons (Fsp3) is 0.200. The number of carbonyl (C=O) groups is 1. The van der Waals surface area contributed by atoms with Crippen LogP contribution in [-0.2, 0) is 11.3 Å². The van der Waals surface area contributed by atoms with E-state index in [0.29, 0.717) is 6.54 Å². The van der Waals surface area contributed by atoms with Crippen LogP contribution < -0.4 is 5.32 Å². The summed E-state index contributed by atoms with van der Waals surface area (Å²) in [5.74, 6) is 0. The van der Waals surface area contributed by atoms with Gasteiger partial charge in [-0.25, -0.2) is 9.78 Å². The summed E-state index contributed by atoms with van der Waals surface area (Å²) >= 11 is 0. The normalized spacial score (nSPS) is 11.5. The molecule has 0 aliphatic carbocycles. The lowest BCUT2D eigenvalue weighted by molar-refractivity contribution is 0.0523. The summed E-state index contributed by atoms with van der Waals surface area (Å²) < 4.78 is 5.31. The Bertz CT molecular complexity index is 1570. The Morgan fingerprint density at radius 3 is 2.46 bits per heavy atom. The van der Waals surface area contributed by atoms with Gasteiger partial charge in [-0.05, 0) is 74.7 Å². The van der Waals surface area contributed by atoms with E-state index in [0.717, 1.165) is 55.9 Å². The molecule has 0 saturated heterocycles. The van der Waals surface area contributed by atoms with Crippen molar-refractivity contribution in [2.45, 2.75) is 39.8 Å². The molecule has 0 aliphatic heterocycles. The van der Waals surface area contributed by atoms with Crippen LogP contribution in [0.5, 0.6) is 0 Å². The number of alkyl carbamates (subject to hydrolysis) is 1. The number of H-pyrrole nitrogens is 1. The molecule has 0 radical (unpaired) electrons. The number of hydrogen-bond acceptors (Lipinski definition) is 5. The first kappa shape index (κ1) is 24.2. The van der Waals surface area contributed by atoms with Gasteiger partial charge in [0.15, 0.2) is 0 Å². The highest BCUT2D eigenvalue weighted by Gasteiger charge is 2.16. The third kappa shape index (κ3) is 5.67. The number of pyridine rings is 3. The van der Waals surface area contributed by atoms with Crippen molar-refractivity contribution in [3.05, 3.63) is 90.5 Å². The molecule has 186 valence electrons. The Morgan fingerprint density at radius 1 is 0.919 bits per heavy atom. The zero-order valence-corrected chi connectivity index (χ0v) is 21.4. The molecule has 1 aromatic carbocycles. The minimum Gasteiger partial charge on any atom is -0.444 e. The quantitative estimate of drug-likeness (QED) is 0.286. The monoisotopic (exact) mass is 491 g/mol. The Balaban J connectivity index is 1.42. The lowest BCUT2D eigenvalue weighted by Gasteiger charge is -2.19. The van der Waals surface area contributed by atoms with E-state index in [4.69, 9.17) is 9.72 Å². The maximum absolute atomic E-state index is 11.9. The van der Waals surface area contributed by atoms with Gasteiger partial charge in [0.1, 0.15) is 11.2 Å². The van der Waals surface area contributed by atoms with E-state index < -0.39 is 11.7 Å². The summed E-state index contributed by atoms with van der Waals surface area (Å²) in [4.78, 5) is 29.2. The summed E-state index contributed by atoms with van der Waals surface area (Å²) in [5.41, 5.74) is 7.92. The number of nitrogens with zero attached hydrogens (tertiary/aromatic N) is 3. The fourth-order valence-electron chi connectivity index (χ4n) is 4.14. The molecule has 5 rings (SSSR count). The van der Waals surface area contributed by atoms with E-state index in [-0.39, 0.29) is 0 Å². The minimum absolute atomic E-state index is 0.395. The molecule has 5 aromatic rings. The highest BCUT2D eigenvalue weighted by molar-refractivity contribution is 5.95. The number of ether oxygens (including phenoxy) is 1. The number of hydrogen-bond donors (Lipinski definition) is 2. The molecule has 0 bridgehead atoms. The second-order valence-electron chi connectivity index (χ2n) is 9.97. The number of aromatic nitrogens is 4. The van der Waals surface area contributed by atoms with Gasteiger partial charge in [-0.15, -0.1) is 0 Å². The summed E-state index contributed by atoms with van der Waals surface area (Å²) in [6.45, 7) is 7.90. The number of nitrogens with one attached hydrogen (secondary N) is 2. The Hall–Kier alpha value is -4.52. The molecule has 4 aromatic heterocycles. The standard InChI is InChI=1S/C30H29N5O2/c1-19-6-5-7-26(34-19)27-15-25(24-12-13-32-28(24)35-27)23-14-22(17-31-18-23)21-10-8-20(9-11-21)16-33-29(36)37-30(2,3)4/h5-15,17-18H,16H2,1-4H3,(H,32,35)(H,33,36). The van der Waals surface area contributed by atoms with Crippen LogP contribution in [0, 0.1) is 6.92 Å². The molecule has 2 N–H and O–H groups in total. The van der Waals surface area contributed by atoms with Gasteiger partial charge in [0.05, 0.1) is 11.4 Å². The average molecular weight is 492 g/mol. The number of carbonyl (C=O) groups excluding carboxylic acids is 1. The van der Waals surface area contributed by atoms with Crippen LogP contribution in [0.2, 0.25) is 0 Å². The molecule has 1 amide bonds. The molecule has 4 heterocycles. The van der Waals surface area contributed by atoms with Crippen molar-refractivity contribution < 1.29 is 9.53 Å². The maximum Gasteiger partial charge on any atom is 0.407 e. The molecule has 0 unspecified atom stereocenters. The van der Waals surface area contributed by atoms with Crippen molar-refractivity contribution in [2.75, 3.05) is 0 Å². The van der Waals surface area contributed by atoms with Crippen LogP contribution in [-0.4, -0.2) is 31.6 Å². The fourth-order valence-corrected chi connectivity index (χ4v) is 4.14. The van der Waals surface area contributed by atoms with Gasteiger partial charge >= 0.3 is 6.09 Å². The van der Waals surface area contributed by atoms with Gasteiger partial charge in [0.25, 0.3) is 0 Å². The number of amides is 1. The molecule has 0 atom stereocenters. The van der Waals surface area contributed by atoms with Crippen molar-refractivity contribution >= 4 is 17.1 Å². The van der Waals surface area contributed by atoms with Crippen LogP contribution in [0.3, 0.4) is 0 Å². The highest BCUT2D eigenvalue weighted by atomic mass is 16.6. The number of benzene rings is 1. The summed E-state index contributed by atoms with van der Waals surface area (Å²) in [6.07, 6.45) is 5.20. The lowest BCUT2D eigenvalue weighted by Crippen LogP contribution is -2.32. The highest BCUT2D eigenvalue weighted by Crippen LogP contribution is 2.33. The third-order valence-electron chi connectivity index (χ3n) is 5.85. The van der Waals surface area contributed by atoms with Gasteiger partial charge in [0, 0.05) is 47.3 Å². The predicted molar refractivity (Wildman–Crippen MR) is 146 cm³/mol. The number of aromatic amines is 1. The molecule has 0 aliphatic rings. The summed E-state index contributed by atoms with van der Waals surface area (Å²) in [7, 11) is 0. The van der Waals surface area contributed by atoms with E-state index in [1.165, 1.54) is 0 Å². The van der Waals surface area contributed by atoms with E-state index in [2.05, 4.69) is 32.4 Å². The van der Waals surface area contributed by atoms with Crippen LogP contribution in [0.15, 0.2) is 79.3 Å². The maximum atomic E-state index is 11.9. The van der Waals surface area contributed by atoms with Crippen LogP contribution >= 0.6 is 0 Å². The number of fused-ring (bicyclic) bond motifs is 1. The smallest absolute Gasteiger partial charge is 0.407 e. The molecule has 0 saturated carbocycles. The van der Waals surface area contributed by atoms with Crippen molar-refractivity contribution in [1.29, 1.82) is 0 Å². The molecule has 7 heteroatoms. The number of rotatable bonds is 5. The molecule has 0 spiro atoms. The van der Waals surface area contributed by atoms with E-state index in [9.17, 15) is 4.79 Å². The van der Waals surface area contributed by atoms with Gasteiger partial charge in [-0.2, -0.15) is 0 Å². The summed E-state index contributed by atoms with van der Waals surface area (Å²) in [5, 5.41) is 3.82. The van der Waals surface area contributed by atoms with Crippen molar-refractivity contribution in [2.24, 2.45) is 0 Å². The van der Waals surface area contributed by atoms with Crippen LogP contribution in [0.1, 0.15) is 32.0 Å². The van der Waals surface area contributed by atoms with E-state index >= 15 is 0 Å². The molecule has 0 fully saturated rings. The average Bonchev–Trinajstić information content (AvgIpc) is 3.35. The van der Waals surface area contributed by atoms with Gasteiger partial charge < -0.3 is 15.0 Å². The first-order chi connectivity index (χ1) is 17.7. The topological polar surface area (TPSA) is 92.8 Å². The SMILES string of the molecule is Cc1cccc(-c2cc(-c3cncc(-c4ccc(CNC(=O)OC(C)(C)C)cc4)c3)c3cc[nH]c3n2)n1. The molecular formula is C30H29N5O2. The molecule has 7 nitrogen and oxygen atoms in total. The van der Waals surface area contributed by atoms with Crippen LogP contribution in [0.25, 0.3) is 44.7 Å². The predicted octanol–water partition coefficient (Wildman–Crippen LogP) is 6.69. The molecular weight excluding hydrogens is 462 g/mol. The minimum atomic E-state index is -0.524. The third-order valence-corrected chi connectivity index (χ3v) is 5.85. The first-order valence-corrected chi connectivity index (χ1v) is 12.2. The second kappa shape index (κ2) is 9.85. The second-order valence-corrected chi connectivity index (χ2v) is 9.97. The van der Waals surface area contributed by atoms with Gasteiger partial charge in [0.2, 0.25) is 0 Å². The summed E-state index contributed by atoms with van der Waals surface area (Å²) in [6, 6.07) is 20.2. The van der Waals surface area contributed by atoms with Crippen molar-refractivity contribution in [3.8, 4) is 33.6 Å². The van der Waals surface area contributed by atoms with Gasteiger partial charge in [-0.3, -0.25) is 9.97 Å². The zero-order chi connectivity index (χ0) is 26.0. The Labute approximate surface area is 216 Å². The van der Waals surface area contributed by atoms with Crippen LogP contribution in [0.4, 0.5) is 4.79 Å². The number of aryl methyl sites for hydroxylation is 1. The lowest BCUT2D eigenvalue weighted by atomic mass is 9.99. The van der Waals surface area contributed by atoms with Crippen molar-refractivity contribution in [3.63, 3.8) is 0 Å². The largest absolute Gasteiger partial charge is 0.444 e. The Morgan fingerprint density at radius 2 is 1.70 bits per heavy atom. The first-order valence-electron chi connectivity index (χ1n) is 12.2. The van der Waals surface area contributed by atoms with Gasteiger partial charge in [-0.1, -0.05) is 30.3 Å². The molecule has 37 heavy (non-hydrogen) atoms. The Kier molecular flexibility index (Phi) is 6.44. The van der Waals surface area contributed by atoms with E-state index in [1.54, 1.807) is 0 Å². The van der Waals surface area contributed by atoms with Crippen molar-refractivity contribution in [1.82, 2.24) is 25.3 Å². The zero-order valence-electron chi connectivity index (χ0n) is 21.4.